The maximum atomic E-state index is 12.8. The minimum atomic E-state index is -1.00. The van der Waals surface area contributed by atoms with Crippen molar-refractivity contribution in [3.05, 3.63) is 58.1 Å². The Morgan fingerprint density at radius 1 is 1.06 bits per heavy atom. The van der Waals surface area contributed by atoms with Crippen LogP contribution in [0.1, 0.15) is 16.8 Å². The van der Waals surface area contributed by atoms with Gasteiger partial charge in [0.05, 0.1) is 33.4 Å². The first-order valence-corrected chi connectivity index (χ1v) is 11.1. The van der Waals surface area contributed by atoms with Crippen LogP contribution in [0.15, 0.2) is 42.5 Å². The summed E-state index contributed by atoms with van der Waals surface area (Å²) in [4.78, 5) is 38.9. The van der Waals surface area contributed by atoms with E-state index >= 15 is 0 Å². The van der Waals surface area contributed by atoms with Gasteiger partial charge in [0, 0.05) is 22.0 Å². The molecule has 33 heavy (non-hydrogen) atoms. The summed E-state index contributed by atoms with van der Waals surface area (Å²) in [7, 11) is 1.26. The van der Waals surface area contributed by atoms with Gasteiger partial charge in [-0.15, -0.1) is 0 Å². The standard InChI is InChI=1S/C23H22Cl2N2O6/c1-31-22(30)19-11-23(32-6-7-33-23)13-27(19)20(28)12-26-21(29)15-4-2-14(3-5-15)16-8-17(24)10-18(25)9-16/h2-5,8-10,19H,6-7,11-13H2,1H3,(H,26,29)/t19-/m0/s1. The quantitative estimate of drug-likeness (QED) is 0.644. The van der Waals surface area contributed by atoms with Crippen LogP contribution in [-0.2, 0) is 23.8 Å². The van der Waals surface area contributed by atoms with Crippen LogP contribution in [0.4, 0.5) is 0 Å². The SMILES string of the molecule is COC(=O)[C@@H]1CC2(CN1C(=O)CNC(=O)c1ccc(-c3cc(Cl)cc(Cl)c3)cc1)OCCO2. The molecule has 0 aliphatic carbocycles. The van der Waals surface area contributed by atoms with E-state index in [2.05, 4.69) is 5.32 Å². The van der Waals surface area contributed by atoms with Crippen LogP contribution in [-0.4, -0.2) is 67.9 Å². The maximum Gasteiger partial charge on any atom is 0.328 e. The number of carbonyl (C=O) groups excluding carboxylic acids is 3. The van der Waals surface area contributed by atoms with Crippen molar-refractivity contribution >= 4 is 41.0 Å². The molecule has 0 aromatic heterocycles. The highest BCUT2D eigenvalue weighted by molar-refractivity contribution is 6.35. The molecule has 1 spiro atoms. The molecule has 4 rings (SSSR count). The van der Waals surface area contributed by atoms with Crippen molar-refractivity contribution in [3.8, 4) is 11.1 Å². The second kappa shape index (κ2) is 9.69. The minimum Gasteiger partial charge on any atom is -0.467 e. The lowest BCUT2D eigenvalue weighted by molar-refractivity contribution is -0.152. The Labute approximate surface area is 200 Å². The summed E-state index contributed by atoms with van der Waals surface area (Å²) in [5, 5.41) is 3.63. The summed E-state index contributed by atoms with van der Waals surface area (Å²) in [5.74, 6) is -2.41. The van der Waals surface area contributed by atoms with Crippen LogP contribution in [0, 0.1) is 0 Å². The highest BCUT2D eigenvalue weighted by atomic mass is 35.5. The lowest BCUT2D eigenvalue weighted by atomic mass is 10.0. The number of carbonyl (C=O) groups is 3. The number of amides is 2. The van der Waals surface area contributed by atoms with E-state index < -0.39 is 29.6 Å². The smallest absolute Gasteiger partial charge is 0.328 e. The number of methoxy groups -OCH3 is 1. The van der Waals surface area contributed by atoms with E-state index in [0.717, 1.165) is 11.1 Å². The monoisotopic (exact) mass is 492 g/mol. The summed E-state index contributed by atoms with van der Waals surface area (Å²) >= 11 is 12.1. The van der Waals surface area contributed by atoms with Gasteiger partial charge in [0.1, 0.15) is 6.04 Å². The Balaban J connectivity index is 1.39. The Morgan fingerprint density at radius 3 is 2.30 bits per heavy atom. The van der Waals surface area contributed by atoms with E-state index in [1.165, 1.54) is 12.0 Å². The van der Waals surface area contributed by atoms with Crippen LogP contribution in [0.3, 0.4) is 0 Å². The third-order valence-electron chi connectivity index (χ3n) is 5.64. The van der Waals surface area contributed by atoms with Crippen molar-refractivity contribution in [2.75, 3.05) is 33.4 Å². The Kier molecular flexibility index (Phi) is 6.90. The summed E-state index contributed by atoms with van der Waals surface area (Å²) in [6.07, 6.45) is 0.189. The number of likely N-dealkylation sites (tertiary alicyclic amines) is 1. The van der Waals surface area contributed by atoms with Crippen LogP contribution in [0.2, 0.25) is 10.0 Å². The van der Waals surface area contributed by atoms with Gasteiger partial charge in [-0.3, -0.25) is 9.59 Å². The lowest BCUT2D eigenvalue weighted by Gasteiger charge is -2.23. The van der Waals surface area contributed by atoms with Crippen molar-refractivity contribution in [1.82, 2.24) is 10.2 Å². The molecular formula is C23H22Cl2N2O6. The fourth-order valence-electron chi connectivity index (χ4n) is 4.05. The normalized spacial score (nSPS) is 19.0. The summed E-state index contributed by atoms with van der Waals surface area (Å²) in [6.45, 7) is 0.598. The molecule has 2 amide bonds. The van der Waals surface area contributed by atoms with E-state index in [-0.39, 0.29) is 19.5 Å². The zero-order valence-corrected chi connectivity index (χ0v) is 19.3. The lowest BCUT2D eigenvalue weighted by Crippen LogP contribution is -2.46. The molecule has 10 heteroatoms. The fraction of sp³-hybridized carbons (Fsp3) is 0.348. The molecule has 0 bridgehead atoms. The predicted molar refractivity (Wildman–Crippen MR) is 121 cm³/mol. The van der Waals surface area contributed by atoms with Gasteiger partial charge in [-0.1, -0.05) is 35.3 Å². The molecule has 174 valence electrons. The largest absolute Gasteiger partial charge is 0.467 e. The van der Waals surface area contributed by atoms with Gasteiger partial charge in [0.25, 0.3) is 5.91 Å². The first-order valence-electron chi connectivity index (χ1n) is 10.3. The van der Waals surface area contributed by atoms with E-state index in [0.29, 0.717) is 28.8 Å². The molecule has 2 aromatic carbocycles. The summed E-state index contributed by atoms with van der Waals surface area (Å²) in [6, 6.07) is 11.2. The van der Waals surface area contributed by atoms with Crippen molar-refractivity contribution < 1.29 is 28.6 Å². The average molecular weight is 493 g/mol. The number of hydrogen-bond acceptors (Lipinski definition) is 6. The number of esters is 1. The minimum absolute atomic E-state index is 0.0956. The van der Waals surface area contributed by atoms with E-state index in [4.69, 9.17) is 37.4 Å². The van der Waals surface area contributed by atoms with Gasteiger partial charge >= 0.3 is 5.97 Å². The van der Waals surface area contributed by atoms with Gasteiger partial charge in [0.2, 0.25) is 5.91 Å². The zero-order chi connectivity index (χ0) is 23.6. The topological polar surface area (TPSA) is 94.2 Å². The second-order valence-electron chi connectivity index (χ2n) is 7.79. The average Bonchev–Trinajstić information content (AvgIpc) is 3.43. The van der Waals surface area contributed by atoms with Crippen LogP contribution in [0.25, 0.3) is 11.1 Å². The molecule has 0 radical (unpaired) electrons. The van der Waals surface area contributed by atoms with Crippen LogP contribution >= 0.6 is 23.2 Å². The molecule has 2 aromatic rings. The first-order chi connectivity index (χ1) is 15.8. The number of halogens is 2. The molecule has 2 fully saturated rings. The summed E-state index contributed by atoms with van der Waals surface area (Å²) < 4.78 is 16.1. The Morgan fingerprint density at radius 2 is 1.70 bits per heavy atom. The fourth-order valence-corrected chi connectivity index (χ4v) is 4.57. The third-order valence-corrected chi connectivity index (χ3v) is 6.08. The molecule has 8 nitrogen and oxygen atoms in total. The van der Waals surface area contributed by atoms with Crippen molar-refractivity contribution in [2.24, 2.45) is 0 Å². The molecule has 2 saturated heterocycles. The highest BCUT2D eigenvalue weighted by Gasteiger charge is 2.52. The molecule has 2 heterocycles. The van der Waals surface area contributed by atoms with Gasteiger partial charge in [-0.2, -0.15) is 0 Å². The molecular weight excluding hydrogens is 471 g/mol. The highest BCUT2D eigenvalue weighted by Crippen LogP contribution is 2.35. The molecule has 0 saturated carbocycles. The van der Waals surface area contributed by atoms with Gasteiger partial charge in [-0.25, -0.2) is 4.79 Å². The molecule has 2 aliphatic rings. The maximum absolute atomic E-state index is 12.8. The number of benzene rings is 2. The molecule has 1 N–H and O–H groups in total. The first kappa shape index (κ1) is 23.5. The van der Waals surface area contributed by atoms with Crippen LogP contribution < -0.4 is 5.32 Å². The number of rotatable bonds is 5. The van der Waals surface area contributed by atoms with E-state index in [1.54, 1.807) is 42.5 Å². The number of nitrogens with one attached hydrogen (secondary N) is 1. The molecule has 2 aliphatic heterocycles. The van der Waals surface area contributed by atoms with Gasteiger partial charge in [0.15, 0.2) is 5.79 Å². The number of nitrogens with zero attached hydrogens (tertiary/aromatic N) is 1. The van der Waals surface area contributed by atoms with Crippen molar-refractivity contribution in [2.45, 2.75) is 18.2 Å². The van der Waals surface area contributed by atoms with Gasteiger partial charge < -0.3 is 24.4 Å². The third kappa shape index (κ3) is 5.14. The predicted octanol–water partition coefficient (Wildman–Crippen LogP) is 2.91. The van der Waals surface area contributed by atoms with Crippen LogP contribution in [0.5, 0.6) is 0 Å². The number of ether oxygens (including phenoxy) is 3. The van der Waals surface area contributed by atoms with Gasteiger partial charge in [-0.05, 0) is 41.5 Å². The Hall–Kier alpha value is -2.65. The van der Waals surface area contributed by atoms with Crippen molar-refractivity contribution in [1.29, 1.82) is 0 Å². The zero-order valence-electron chi connectivity index (χ0n) is 17.8. The second-order valence-corrected chi connectivity index (χ2v) is 8.66. The molecule has 1 atom stereocenters. The Bertz CT molecular complexity index is 1050. The van der Waals surface area contributed by atoms with E-state index in [1.807, 2.05) is 0 Å². The summed E-state index contributed by atoms with van der Waals surface area (Å²) in [5.41, 5.74) is 2.04. The van der Waals surface area contributed by atoms with E-state index in [9.17, 15) is 14.4 Å². The molecule has 0 unspecified atom stereocenters. The number of hydrogen-bond donors (Lipinski definition) is 1. The van der Waals surface area contributed by atoms with Crippen molar-refractivity contribution in [3.63, 3.8) is 0 Å².